The molecule has 0 rings (SSSR count). The van der Waals surface area contributed by atoms with Crippen LogP contribution in [-0.4, -0.2) is 12.6 Å². The first-order valence-corrected chi connectivity index (χ1v) is 9.52. The van der Waals surface area contributed by atoms with Crippen molar-refractivity contribution in [1.82, 2.24) is 0 Å². The third kappa shape index (κ3) is 14.2. The van der Waals surface area contributed by atoms with Gasteiger partial charge in [-0.1, -0.05) is 90.0 Å². The summed E-state index contributed by atoms with van der Waals surface area (Å²) in [6.45, 7) is 6.50. The highest BCUT2D eigenvalue weighted by Crippen LogP contribution is 2.12. The molecule has 2 heteroatoms. The quantitative estimate of drug-likeness (QED) is 0.194. The van der Waals surface area contributed by atoms with E-state index in [1.807, 2.05) is 6.92 Å². The molecule has 0 aliphatic heterocycles. The molecule has 0 spiro atoms. The third-order valence-electron chi connectivity index (χ3n) is 4.24. The summed E-state index contributed by atoms with van der Waals surface area (Å²) in [5, 5.41) is 0. The highest BCUT2D eigenvalue weighted by atomic mass is 16.5. The number of ether oxygens (including phenoxy) is 1. The molecule has 22 heavy (non-hydrogen) atoms. The zero-order valence-electron chi connectivity index (χ0n) is 15.3. The summed E-state index contributed by atoms with van der Waals surface area (Å²) in [5.41, 5.74) is 0.703. The standard InChI is InChI=1S/C20H38O2/c1-4-6-7-8-9-10-11-12-13-14-15-16-17-18-22-20(21)19(3)5-2/h5H,4,6-18H2,1-3H3. The maximum Gasteiger partial charge on any atom is 0.333 e. The molecule has 2 nitrogen and oxygen atoms in total. The second-order valence-corrected chi connectivity index (χ2v) is 6.35. The normalized spacial score (nSPS) is 11.7. The van der Waals surface area contributed by atoms with Crippen LogP contribution in [0.15, 0.2) is 11.6 Å². The minimum Gasteiger partial charge on any atom is -0.462 e. The van der Waals surface area contributed by atoms with Crippen LogP contribution >= 0.6 is 0 Å². The van der Waals surface area contributed by atoms with E-state index in [1.165, 1.54) is 77.0 Å². The first-order chi connectivity index (χ1) is 10.7. The lowest BCUT2D eigenvalue weighted by Crippen LogP contribution is -2.06. The Kier molecular flexibility index (Phi) is 16.0. The van der Waals surface area contributed by atoms with Crippen molar-refractivity contribution >= 4 is 5.97 Å². The lowest BCUT2D eigenvalue weighted by atomic mass is 10.0. The van der Waals surface area contributed by atoms with Gasteiger partial charge in [-0.05, 0) is 20.3 Å². The van der Waals surface area contributed by atoms with Crippen molar-refractivity contribution in [3.63, 3.8) is 0 Å². The van der Waals surface area contributed by atoms with Crippen molar-refractivity contribution in [2.24, 2.45) is 0 Å². The van der Waals surface area contributed by atoms with Crippen LogP contribution in [0.25, 0.3) is 0 Å². The summed E-state index contributed by atoms with van der Waals surface area (Å²) >= 11 is 0. The summed E-state index contributed by atoms with van der Waals surface area (Å²) in [4.78, 5) is 11.4. The Hall–Kier alpha value is -0.790. The molecule has 0 bridgehead atoms. The van der Waals surface area contributed by atoms with E-state index in [-0.39, 0.29) is 5.97 Å². The van der Waals surface area contributed by atoms with Crippen molar-refractivity contribution in [3.8, 4) is 0 Å². The molecule has 0 unspecified atom stereocenters. The molecular formula is C20H38O2. The van der Waals surface area contributed by atoms with E-state index >= 15 is 0 Å². The Bertz CT molecular complexity index is 281. The van der Waals surface area contributed by atoms with Crippen LogP contribution in [0.4, 0.5) is 0 Å². The summed E-state index contributed by atoms with van der Waals surface area (Å²) in [6.07, 6.45) is 19.2. The molecule has 0 amide bonds. The second kappa shape index (κ2) is 16.6. The van der Waals surface area contributed by atoms with Gasteiger partial charge in [0.1, 0.15) is 0 Å². The van der Waals surface area contributed by atoms with Gasteiger partial charge < -0.3 is 4.74 Å². The molecule has 0 N–H and O–H groups in total. The smallest absolute Gasteiger partial charge is 0.333 e. The number of esters is 1. The average Bonchev–Trinajstić information content (AvgIpc) is 2.54. The van der Waals surface area contributed by atoms with Gasteiger partial charge in [0.15, 0.2) is 0 Å². The van der Waals surface area contributed by atoms with Gasteiger partial charge in [-0.3, -0.25) is 0 Å². The second-order valence-electron chi connectivity index (χ2n) is 6.35. The van der Waals surface area contributed by atoms with Gasteiger partial charge >= 0.3 is 5.97 Å². The van der Waals surface area contributed by atoms with Gasteiger partial charge in [0.05, 0.1) is 6.61 Å². The molecule has 0 aliphatic carbocycles. The number of hydrogen-bond acceptors (Lipinski definition) is 2. The Labute approximate surface area is 138 Å². The van der Waals surface area contributed by atoms with E-state index in [2.05, 4.69) is 6.92 Å². The number of carbonyl (C=O) groups excluding carboxylic acids is 1. The van der Waals surface area contributed by atoms with Crippen molar-refractivity contribution in [3.05, 3.63) is 11.6 Å². The Morgan fingerprint density at radius 2 is 1.18 bits per heavy atom. The monoisotopic (exact) mass is 310 g/mol. The fourth-order valence-corrected chi connectivity index (χ4v) is 2.52. The molecule has 0 fully saturated rings. The predicted molar refractivity (Wildman–Crippen MR) is 96.1 cm³/mol. The molecule has 130 valence electrons. The van der Waals surface area contributed by atoms with Crippen molar-refractivity contribution in [2.75, 3.05) is 6.61 Å². The number of allylic oxidation sites excluding steroid dienone is 1. The van der Waals surface area contributed by atoms with E-state index < -0.39 is 0 Å². The molecule has 0 aliphatic rings. The maximum atomic E-state index is 11.4. The van der Waals surface area contributed by atoms with Crippen LogP contribution < -0.4 is 0 Å². The molecule has 0 aromatic heterocycles. The van der Waals surface area contributed by atoms with Gasteiger partial charge in [-0.15, -0.1) is 0 Å². The maximum absolute atomic E-state index is 11.4. The topological polar surface area (TPSA) is 26.3 Å². The SMILES string of the molecule is CC=C(C)C(=O)OCCCCCCCCCCCCCCC. The fraction of sp³-hybridized carbons (Fsp3) is 0.850. The van der Waals surface area contributed by atoms with E-state index in [9.17, 15) is 4.79 Å². The molecule has 0 heterocycles. The molecule has 0 radical (unpaired) electrons. The summed E-state index contributed by atoms with van der Waals surface area (Å²) in [5.74, 6) is -0.165. The number of rotatable bonds is 15. The molecular weight excluding hydrogens is 272 g/mol. The van der Waals surface area contributed by atoms with Gasteiger partial charge in [-0.2, -0.15) is 0 Å². The number of hydrogen-bond donors (Lipinski definition) is 0. The van der Waals surface area contributed by atoms with Gasteiger partial charge in [-0.25, -0.2) is 4.79 Å². The highest BCUT2D eigenvalue weighted by molar-refractivity contribution is 5.87. The first kappa shape index (κ1) is 21.2. The lowest BCUT2D eigenvalue weighted by molar-refractivity contribution is -0.139. The van der Waals surface area contributed by atoms with E-state index in [0.717, 1.165) is 6.42 Å². The number of carbonyl (C=O) groups is 1. The molecule has 0 aromatic carbocycles. The van der Waals surface area contributed by atoms with E-state index in [4.69, 9.17) is 4.74 Å². The van der Waals surface area contributed by atoms with Crippen LogP contribution in [0, 0.1) is 0 Å². The zero-order chi connectivity index (χ0) is 16.5. The first-order valence-electron chi connectivity index (χ1n) is 9.52. The van der Waals surface area contributed by atoms with Crippen molar-refractivity contribution < 1.29 is 9.53 Å². The van der Waals surface area contributed by atoms with Crippen LogP contribution in [0.1, 0.15) is 104 Å². The Morgan fingerprint density at radius 3 is 1.59 bits per heavy atom. The zero-order valence-corrected chi connectivity index (χ0v) is 15.3. The Morgan fingerprint density at radius 1 is 0.773 bits per heavy atom. The third-order valence-corrected chi connectivity index (χ3v) is 4.24. The summed E-state index contributed by atoms with van der Waals surface area (Å²) in [6, 6.07) is 0. The van der Waals surface area contributed by atoms with Crippen LogP contribution in [0.5, 0.6) is 0 Å². The largest absolute Gasteiger partial charge is 0.462 e. The molecule has 0 atom stereocenters. The fourth-order valence-electron chi connectivity index (χ4n) is 2.52. The summed E-state index contributed by atoms with van der Waals surface area (Å²) in [7, 11) is 0. The minimum absolute atomic E-state index is 0.165. The molecule has 0 saturated carbocycles. The van der Waals surface area contributed by atoms with Crippen LogP contribution in [-0.2, 0) is 9.53 Å². The van der Waals surface area contributed by atoms with Crippen LogP contribution in [0.2, 0.25) is 0 Å². The predicted octanol–water partition coefficient (Wildman–Crippen LogP) is 6.59. The van der Waals surface area contributed by atoms with Gasteiger partial charge in [0.2, 0.25) is 0 Å². The van der Waals surface area contributed by atoms with E-state index in [1.54, 1.807) is 13.0 Å². The van der Waals surface area contributed by atoms with Crippen molar-refractivity contribution in [1.29, 1.82) is 0 Å². The van der Waals surface area contributed by atoms with E-state index in [0.29, 0.717) is 12.2 Å². The van der Waals surface area contributed by atoms with Gasteiger partial charge in [0, 0.05) is 5.57 Å². The number of unbranched alkanes of at least 4 members (excludes halogenated alkanes) is 12. The highest BCUT2D eigenvalue weighted by Gasteiger charge is 2.03. The van der Waals surface area contributed by atoms with Crippen LogP contribution in [0.3, 0.4) is 0 Å². The lowest BCUT2D eigenvalue weighted by Gasteiger charge is -2.05. The average molecular weight is 311 g/mol. The molecule has 0 saturated heterocycles. The molecule has 0 aromatic rings. The van der Waals surface area contributed by atoms with Gasteiger partial charge in [0.25, 0.3) is 0 Å². The van der Waals surface area contributed by atoms with Crippen molar-refractivity contribution in [2.45, 2.75) is 104 Å². The Balaban J connectivity index is 3.13. The minimum atomic E-state index is -0.165. The summed E-state index contributed by atoms with van der Waals surface area (Å²) < 4.78 is 5.19.